The second kappa shape index (κ2) is 4.53. The summed E-state index contributed by atoms with van der Waals surface area (Å²) in [4.78, 5) is 11.2. The smallest absolute Gasteiger partial charge is 0.262 e. The van der Waals surface area contributed by atoms with Gasteiger partial charge in [-0.05, 0) is 24.3 Å². The number of rotatable bonds is 2. The molecule has 5 nitrogen and oxygen atoms in total. The van der Waals surface area contributed by atoms with Crippen molar-refractivity contribution in [2.75, 3.05) is 17.7 Å². The lowest BCUT2D eigenvalue weighted by molar-refractivity contribution is -0.118. The third-order valence-electron chi connectivity index (χ3n) is 2.68. The van der Waals surface area contributed by atoms with E-state index in [0.717, 1.165) is 0 Å². The van der Waals surface area contributed by atoms with Gasteiger partial charge in [0.05, 0.1) is 5.69 Å². The number of nitrogens with one attached hydrogen (secondary N) is 1. The second-order valence-corrected chi connectivity index (χ2v) is 4.17. The minimum atomic E-state index is -0.173. The molecule has 0 aliphatic carbocycles. The summed E-state index contributed by atoms with van der Waals surface area (Å²) >= 11 is 0. The number of nitrogen functional groups attached to an aromatic ring is 1. The molecular weight excluding hydrogens is 244 g/mol. The average molecular weight is 256 g/mol. The second-order valence-electron chi connectivity index (χ2n) is 4.17. The molecule has 3 N–H and O–H groups in total. The number of nitrogens with two attached hydrogens (primary N) is 1. The molecule has 0 bridgehead atoms. The summed E-state index contributed by atoms with van der Waals surface area (Å²) in [5, 5.41) is 2.73. The summed E-state index contributed by atoms with van der Waals surface area (Å²) in [6.45, 7) is 0.0441. The molecule has 0 aromatic heterocycles. The fourth-order valence-corrected chi connectivity index (χ4v) is 1.84. The van der Waals surface area contributed by atoms with Gasteiger partial charge in [0.2, 0.25) is 0 Å². The zero-order chi connectivity index (χ0) is 13.2. The Kier molecular flexibility index (Phi) is 2.72. The maximum Gasteiger partial charge on any atom is 0.262 e. The highest BCUT2D eigenvalue weighted by Gasteiger charge is 2.16. The first-order valence-corrected chi connectivity index (χ1v) is 5.81. The molecule has 5 heteroatoms. The molecule has 1 aliphatic rings. The summed E-state index contributed by atoms with van der Waals surface area (Å²) < 4.78 is 10.9. The summed E-state index contributed by atoms with van der Waals surface area (Å²) in [6, 6.07) is 12.4. The summed E-state index contributed by atoms with van der Waals surface area (Å²) in [7, 11) is 0. The van der Waals surface area contributed by atoms with Gasteiger partial charge in [-0.2, -0.15) is 0 Å². The predicted molar refractivity (Wildman–Crippen MR) is 71.5 cm³/mol. The van der Waals surface area contributed by atoms with E-state index in [1.54, 1.807) is 30.3 Å². The minimum Gasteiger partial charge on any atom is -0.482 e. The van der Waals surface area contributed by atoms with Gasteiger partial charge < -0.3 is 20.5 Å². The highest BCUT2D eigenvalue weighted by molar-refractivity contribution is 5.95. The van der Waals surface area contributed by atoms with Crippen LogP contribution in [0.1, 0.15) is 0 Å². The van der Waals surface area contributed by atoms with Gasteiger partial charge >= 0.3 is 0 Å². The van der Waals surface area contributed by atoms with Gasteiger partial charge in [0.1, 0.15) is 17.2 Å². The first-order chi connectivity index (χ1) is 9.20. The van der Waals surface area contributed by atoms with Gasteiger partial charge in [-0.25, -0.2) is 0 Å². The Morgan fingerprint density at radius 1 is 1.16 bits per heavy atom. The molecule has 0 unspecified atom stereocenters. The van der Waals surface area contributed by atoms with Crippen molar-refractivity contribution in [2.24, 2.45) is 0 Å². The number of carbonyl (C=O) groups is 1. The SMILES string of the molecule is Nc1cccc(Oc2ccc3c(c2)NC(=O)CO3)c1. The Hall–Kier alpha value is -2.69. The van der Waals surface area contributed by atoms with E-state index in [1.807, 2.05) is 12.1 Å². The molecular formula is C14H12N2O3. The Labute approximate surface area is 109 Å². The molecule has 1 heterocycles. The Morgan fingerprint density at radius 3 is 2.84 bits per heavy atom. The van der Waals surface area contributed by atoms with Crippen molar-refractivity contribution in [3.63, 3.8) is 0 Å². The Bertz CT molecular complexity index is 640. The van der Waals surface area contributed by atoms with E-state index in [-0.39, 0.29) is 12.5 Å². The van der Waals surface area contributed by atoms with Crippen LogP contribution in [-0.4, -0.2) is 12.5 Å². The fourth-order valence-electron chi connectivity index (χ4n) is 1.84. The molecule has 0 fully saturated rings. The number of fused-ring (bicyclic) bond motifs is 1. The maximum absolute atomic E-state index is 11.2. The molecule has 0 spiro atoms. The zero-order valence-corrected chi connectivity index (χ0v) is 10.1. The van der Waals surface area contributed by atoms with Gasteiger partial charge in [-0.1, -0.05) is 6.07 Å². The fraction of sp³-hybridized carbons (Fsp3) is 0.0714. The van der Waals surface area contributed by atoms with Crippen molar-refractivity contribution in [3.8, 4) is 17.2 Å². The number of ether oxygens (including phenoxy) is 2. The molecule has 0 atom stereocenters. The minimum absolute atomic E-state index is 0.0441. The third-order valence-corrected chi connectivity index (χ3v) is 2.68. The number of hydrogen-bond donors (Lipinski definition) is 2. The highest BCUT2D eigenvalue weighted by atomic mass is 16.5. The van der Waals surface area contributed by atoms with Gasteiger partial charge in [-0.15, -0.1) is 0 Å². The van der Waals surface area contributed by atoms with Crippen LogP contribution in [0.2, 0.25) is 0 Å². The number of hydrogen-bond acceptors (Lipinski definition) is 4. The predicted octanol–water partition coefficient (Wildman–Crippen LogP) is 2.39. The summed E-state index contributed by atoms with van der Waals surface area (Å²) in [5.74, 6) is 1.71. The standard InChI is InChI=1S/C14H12N2O3/c15-9-2-1-3-10(6-9)19-11-4-5-13-12(7-11)16-14(17)8-18-13/h1-7H,8,15H2,(H,16,17). The summed E-state index contributed by atoms with van der Waals surface area (Å²) in [6.07, 6.45) is 0. The van der Waals surface area contributed by atoms with E-state index >= 15 is 0 Å². The van der Waals surface area contributed by atoms with E-state index in [1.165, 1.54) is 0 Å². The van der Waals surface area contributed by atoms with Crippen LogP contribution in [0.25, 0.3) is 0 Å². The van der Waals surface area contributed by atoms with Crippen molar-refractivity contribution >= 4 is 17.3 Å². The first kappa shape index (κ1) is 11.4. The van der Waals surface area contributed by atoms with Gasteiger partial charge in [0, 0.05) is 17.8 Å². The van der Waals surface area contributed by atoms with Crippen LogP contribution in [0.5, 0.6) is 17.2 Å². The number of anilines is 2. The highest BCUT2D eigenvalue weighted by Crippen LogP contribution is 2.33. The summed E-state index contributed by atoms with van der Waals surface area (Å²) in [5.41, 5.74) is 6.92. The molecule has 1 aliphatic heterocycles. The van der Waals surface area contributed by atoms with E-state index in [2.05, 4.69) is 5.32 Å². The lowest BCUT2D eigenvalue weighted by atomic mass is 10.2. The quantitative estimate of drug-likeness (QED) is 0.809. The van der Waals surface area contributed by atoms with Crippen molar-refractivity contribution in [1.29, 1.82) is 0 Å². The maximum atomic E-state index is 11.2. The largest absolute Gasteiger partial charge is 0.482 e. The Balaban J connectivity index is 1.86. The van der Waals surface area contributed by atoms with Crippen LogP contribution < -0.4 is 20.5 Å². The number of amides is 1. The molecule has 1 amide bonds. The van der Waals surface area contributed by atoms with Crippen LogP contribution in [0.4, 0.5) is 11.4 Å². The molecule has 3 rings (SSSR count). The molecule has 2 aromatic rings. The monoisotopic (exact) mass is 256 g/mol. The Morgan fingerprint density at radius 2 is 2.00 bits per heavy atom. The lowest BCUT2D eigenvalue weighted by Crippen LogP contribution is -2.25. The molecule has 19 heavy (non-hydrogen) atoms. The average Bonchev–Trinajstić information content (AvgIpc) is 2.38. The van der Waals surface area contributed by atoms with Gasteiger partial charge in [0.15, 0.2) is 6.61 Å². The topological polar surface area (TPSA) is 73.6 Å². The normalized spacial score (nSPS) is 13.2. The number of benzene rings is 2. The lowest BCUT2D eigenvalue weighted by Gasteiger charge is -2.18. The van der Waals surface area contributed by atoms with E-state index in [0.29, 0.717) is 28.6 Å². The van der Waals surface area contributed by atoms with E-state index in [4.69, 9.17) is 15.2 Å². The van der Waals surface area contributed by atoms with Crippen LogP contribution in [0, 0.1) is 0 Å². The first-order valence-electron chi connectivity index (χ1n) is 5.81. The van der Waals surface area contributed by atoms with Gasteiger partial charge in [-0.3, -0.25) is 4.79 Å². The molecule has 0 saturated heterocycles. The van der Waals surface area contributed by atoms with Crippen molar-refractivity contribution in [2.45, 2.75) is 0 Å². The molecule has 96 valence electrons. The van der Waals surface area contributed by atoms with Crippen LogP contribution in [0.3, 0.4) is 0 Å². The van der Waals surface area contributed by atoms with Crippen molar-refractivity contribution < 1.29 is 14.3 Å². The molecule has 0 saturated carbocycles. The van der Waals surface area contributed by atoms with E-state index in [9.17, 15) is 4.79 Å². The third kappa shape index (κ3) is 2.44. The van der Waals surface area contributed by atoms with Crippen LogP contribution in [0.15, 0.2) is 42.5 Å². The molecule has 2 aromatic carbocycles. The molecule has 0 radical (unpaired) electrons. The van der Waals surface area contributed by atoms with E-state index < -0.39 is 0 Å². The van der Waals surface area contributed by atoms with Crippen LogP contribution in [-0.2, 0) is 4.79 Å². The number of carbonyl (C=O) groups excluding carboxylic acids is 1. The zero-order valence-electron chi connectivity index (χ0n) is 10.1. The van der Waals surface area contributed by atoms with Crippen molar-refractivity contribution in [1.82, 2.24) is 0 Å². The van der Waals surface area contributed by atoms with Crippen molar-refractivity contribution in [3.05, 3.63) is 42.5 Å². The van der Waals surface area contributed by atoms with Gasteiger partial charge in [0.25, 0.3) is 5.91 Å². The van der Waals surface area contributed by atoms with Crippen LogP contribution >= 0.6 is 0 Å².